The Labute approximate surface area is 250 Å². The van der Waals surface area contributed by atoms with Crippen LogP contribution in [-0.2, 0) is 19.2 Å². The minimum Gasteiger partial charge on any atom is -0.497 e. The number of ether oxygens (including phenoxy) is 2. The van der Waals surface area contributed by atoms with Crippen LogP contribution in [0.25, 0.3) is 0 Å². The number of nitrogens with zero attached hydrogens (tertiary/aromatic N) is 4. The number of methoxy groups -OCH3 is 2. The van der Waals surface area contributed by atoms with Crippen molar-refractivity contribution in [2.75, 3.05) is 24.0 Å². The molecule has 4 fully saturated rings. The van der Waals surface area contributed by atoms with Crippen LogP contribution in [0.4, 0.5) is 11.4 Å². The van der Waals surface area contributed by atoms with E-state index in [1.165, 1.54) is 36.5 Å². The van der Waals surface area contributed by atoms with E-state index in [0.717, 1.165) is 0 Å². The molecule has 8 rings (SSSR count). The van der Waals surface area contributed by atoms with Crippen LogP contribution in [0.15, 0.2) is 94.2 Å². The molecule has 12 heteroatoms. The van der Waals surface area contributed by atoms with Crippen LogP contribution in [0, 0.1) is 11.8 Å². The van der Waals surface area contributed by atoms with Crippen LogP contribution < -0.4 is 19.3 Å². The first kappa shape index (κ1) is 26.4. The van der Waals surface area contributed by atoms with Crippen LogP contribution in [0.3, 0.4) is 0 Å². The van der Waals surface area contributed by atoms with E-state index < -0.39 is 59.6 Å². The molecule has 4 saturated heterocycles. The van der Waals surface area contributed by atoms with Crippen LogP contribution >= 0.6 is 0 Å². The van der Waals surface area contributed by atoms with E-state index in [1.807, 2.05) is 0 Å². The summed E-state index contributed by atoms with van der Waals surface area (Å²) in [7, 11) is 3.07. The highest BCUT2D eigenvalue weighted by Crippen LogP contribution is 2.59. The van der Waals surface area contributed by atoms with Crippen molar-refractivity contribution in [2.45, 2.75) is 24.2 Å². The Hall–Kier alpha value is -5.20. The van der Waals surface area contributed by atoms with Gasteiger partial charge in [0.05, 0.1) is 62.0 Å². The average Bonchev–Trinajstić information content (AvgIpc) is 3.88. The van der Waals surface area contributed by atoms with E-state index in [9.17, 15) is 19.2 Å². The maximum absolute atomic E-state index is 14.3. The van der Waals surface area contributed by atoms with Crippen molar-refractivity contribution < 1.29 is 37.5 Å². The molecule has 0 N–H and O–H groups in total. The summed E-state index contributed by atoms with van der Waals surface area (Å²) in [6.07, 6.45) is 2.97. The molecule has 4 aromatic rings. The number of fused-ring (bicyclic) bond motifs is 5. The molecule has 4 aliphatic rings. The molecular formula is C32H26N4O8. The van der Waals surface area contributed by atoms with Crippen LogP contribution in [0.2, 0.25) is 0 Å². The summed E-state index contributed by atoms with van der Waals surface area (Å²) in [5, 5.41) is 3.44. The van der Waals surface area contributed by atoms with Gasteiger partial charge in [0.15, 0.2) is 0 Å². The molecule has 0 saturated carbocycles. The SMILES string of the molecule is COc1ccc(N2C(=O)[C@@H]3[C@H](C2=O)N2[C@H](c4ccco4)[C@@H]4C(=O)N(c5ccc(OC)cc5)C(=O)[C@@H]4N2[C@H]3c2ccco2)cc1. The molecule has 0 bridgehead atoms. The Kier molecular flexibility index (Phi) is 5.80. The first-order chi connectivity index (χ1) is 21.4. The second-order valence-electron chi connectivity index (χ2n) is 11.0. The van der Waals surface area contributed by atoms with E-state index in [-0.39, 0.29) is 0 Å². The average molecular weight is 595 g/mol. The molecule has 4 aliphatic heterocycles. The Balaban J connectivity index is 1.27. The first-order valence-corrected chi connectivity index (χ1v) is 14.1. The third kappa shape index (κ3) is 3.46. The van der Waals surface area contributed by atoms with Gasteiger partial charge < -0.3 is 18.3 Å². The number of furan rings is 2. The maximum Gasteiger partial charge on any atom is 0.253 e. The monoisotopic (exact) mass is 594 g/mol. The minimum atomic E-state index is -1.02. The fourth-order valence-electron chi connectivity index (χ4n) is 7.28. The van der Waals surface area contributed by atoms with Gasteiger partial charge in [0.2, 0.25) is 11.8 Å². The zero-order valence-corrected chi connectivity index (χ0v) is 23.6. The lowest BCUT2D eigenvalue weighted by Gasteiger charge is -2.34. The van der Waals surface area contributed by atoms with Gasteiger partial charge in [-0.15, -0.1) is 0 Å². The van der Waals surface area contributed by atoms with Gasteiger partial charge in [-0.25, -0.2) is 19.8 Å². The largest absolute Gasteiger partial charge is 0.497 e. The molecule has 6 atom stereocenters. The van der Waals surface area contributed by atoms with Crippen molar-refractivity contribution in [2.24, 2.45) is 11.8 Å². The summed E-state index contributed by atoms with van der Waals surface area (Å²) in [4.78, 5) is 59.4. The highest BCUT2D eigenvalue weighted by atomic mass is 16.5. The van der Waals surface area contributed by atoms with E-state index >= 15 is 0 Å². The molecular weight excluding hydrogens is 568 g/mol. The number of carbonyl (C=O) groups is 4. The van der Waals surface area contributed by atoms with E-state index in [1.54, 1.807) is 82.8 Å². The number of anilines is 2. The van der Waals surface area contributed by atoms with Crippen molar-refractivity contribution >= 4 is 35.0 Å². The first-order valence-electron chi connectivity index (χ1n) is 14.1. The second kappa shape index (κ2) is 9.66. The summed E-state index contributed by atoms with van der Waals surface area (Å²) in [5.41, 5.74) is 0.790. The van der Waals surface area contributed by atoms with Gasteiger partial charge in [-0.3, -0.25) is 19.2 Å². The molecule has 6 heterocycles. The lowest BCUT2D eigenvalue weighted by atomic mass is 9.87. The summed E-state index contributed by atoms with van der Waals surface area (Å²) in [6, 6.07) is 16.4. The Morgan fingerprint density at radius 3 is 1.23 bits per heavy atom. The lowest BCUT2D eigenvalue weighted by molar-refractivity contribution is -0.136. The number of benzene rings is 2. The molecule has 0 spiro atoms. The third-order valence-corrected chi connectivity index (χ3v) is 9.06. The number of rotatable bonds is 6. The Bertz CT molecular complexity index is 1640. The molecule has 12 nitrogen and oxygen atoms in total. The normalized spacial score (nSPS) is 28.1. The number of hydrogen-bond donors (Lipinski definition) is 0. The zero-order valence-electron chi connectivity index (χ0n) is 23.6. The number of hydrazine groups is 1. The molecule has 222 valence electrons. The summed E-state index contributed by atoms with van der Waals surface area (Å²) < 4.78 is 22.2. The van der Waals surface area contributed by atoms with E-state index in [0.29, 0.717) is 34.4 Å². The highest BCUT2D eigenvalue weighted by Gasteiger charge is 2.74. The topological polar surface area (TPSA) is 126 Å². The van der Waals surface area contributed by atoms with E-state index in [4.69, 9.17) is 18.3 Å². The molecule has 4 amide bonds. The van der Waals surface area contributed by atoms with Gasteiger partial charge in [0.1, 0.15) is 35.1 Å². The highest BCUT2D eigenvalue weighted by molar-refractivity contribution is 6.26. The Morgan fingerprint density at radius 1 is 0.523 bits per heavy atom. The summed E-state index contributed by atoms with van der Waals surface area (Å²) >= 11 is 0. The second-order valence-corrected chi connectivity index (χ2v) is 11.0. The Morgan fingerprint density at radius 2 is 0.909 bits per heavy atom. The van der Waals surface area contributed by atoms with Gasteiger partial charge in [-0.2, -0.15) is 0 Å². The quantitative estimate of drug-likeness (QED) is 0.307. The predicted molar refractivity (Wildman–Crippen MR) is 152 cm³/mol. The molecule has 2 aromatic carbocycles. The zero-order chi connectivity index (χ0) is 30.3. The van der Waals surface area contributed by atoms with Gasteiger partial charge in [-0.05, 0) is 72.8 Å². The molecule has 44 heavy (non-hydrogen) atoms. The van der Waals surface area contributed by atoms with Crippen molar-refractivity contribution in [1.29, 1.82) is 0 Å². The molecule has 2 aromatic heterocycles. The van der Waals surface area contributed by atoms with Gasteiger partial charge in [0, 0.05) is 0 Å². The molecule has 0 aliphatic carbocycles. The fourth-order valence-corrected chi connectivity index (χ4v) is 7.28. The third-order valence-electron chi connectivity index (χ3n) is 9.06. The fraction of sp³-hybridized carbons (Fsp3) is 0.250. The maximum atomic E-state index is 14.3. The number of hydrogen-bond acceptors (Lipinski definition) is 10. The van der Waals surface area contributed by atoms with E-state index in [2.05, 4.69) is 0 Å². The van der Waals surface area contributed by atoms with Gasteiger partial charge in [0.25, 0.3) is 11.8 Å². The standard InChI is InChI=1S/C32H26N4O8/c1-41-19-11-7-17(8-12-19)33-29(37)23-25(21-5-3-15-43-21)36-28-24(26(22-6-4-16-44-22)35(36)27(23)31(33)39)30(38)34(32(28)40)18-9-13-20(42-2)14-10-18/h3-16,23-28H,1-2H3/t23-,24-,25-,26+,27+,28+/m0/s1. The van der Waals surface area contributed by atoms with Crippen LogP contribution in [0.1, 0.15) is 23.6 Å². The lowest BCUT2D eigenvalue weighted by Crippen LogP contribution is -2.50. The number of imide groups is 2. The van der Waals surface area contributed by atoms with Gasteiger partial charge in [-0.1, -0.05) is 0 Å². The van der Waals surface area contributed by atoms with Crippen molar-refractivity contribution in [1.82, 2.24) is 10.0 Å². The van der Waals surface area contributed by atoms with Crippen molar-refractivity contribution in [3.05, 3.63) is 96.8 Å². The van der Waals surface area contributed by atoms with Crippen LogP contribution in [-0.4, -0.2) is 59.9 Å². The predicted octanol–water partition coefficient (Wildman–Crippen LogP) is 3.33. The number of amides is 4. The van der Waals surface area contributed by atoms with Gasteiger partial charge >= 0.3 is 0 Å². The summed E-state index contributed by atoms with van der Waals surface area (Å²) in [5.74, 6) is -1.67. The summed E-state index contributed by atoms with van der Waals surface area (Å²) in [6.45, 7) is 0. The smallest absolute Gasteiger partial charge is 0.253 e. The number of carbonyl (C=O) groups excluding carboxylic acids is 4. The minimum absolute atomic E-state index is 0.395. The molecule has 0 radical (unpaired) electrons. The van der Waals surface area contributed by atoms with Crippen molar-refractivity contribution in [3.8, 4) is 11.5 Å². The van der Waals surface area contributed by atoms with Crippen molar-refractivity contribution in [3.63, 3.8) is 0 Å². The van der Waals surface area contributed by atoms with Crippen LogP contribution in [0.5, 0.6) is 11.5 Å². The molecule has 0 unspecified atom stereocenters.